The Hall–Kier alpha value is -2.19. The summed E-state index contributed by atoms with van der Waals surface area (Å²) in [5.41, 5.74) is 10.3. The van der Waals surface area contributed by atoms with Gasteiger partial charge in [-0.05, 0) is 71.4 Å². The van der Waals surface area contributed by atoms with E-state index < -0.39 is 0 Å². The predicted octanol–water partition coefficient (Wildman–Crippen LogP) is 7.07. The molecular formula is C29H34FN. The Bertz CT molecular complexity index is 956. The minimum Gasteiger partial charge on any atom is -0.295 e. The van der Waals surface area contributed by atoms with Crippen molar-refractivity contribution in [1.82, 2.24) is 4.90 Å². The largest absolute Gasteiger partial charge is 0.295 e. The van der Waals surface area contributed by atoms with E-state index in [1.54, 1.807) is 5.57 Å². The van der Waals surface area contributed by atoms with Crippen LogP contribution >= 0.6 is 0 Å². The van der Waals surface area contributed by atoms with E-state index >= 15 is 0 Å². The standard InChI is InChI=1S/C29H34FN/c30-16-5-17-31-20-24(21-31)18-23-12-14-26(15-13-23)29-27(19-22-6-3-7-22)10-4-9-25-8-1-2-11-28(25)29/h1-2,8,11-15,18,22H,3-7,9-10,16-17,19-21H2. The fraction of sp³-hybridized carbons (Fsp3) is 0.448. The fourth-order valence-electron chi connectivity index (χ4n) is 5.44. The summed E-state index contributed by atoms with van der Waals surface area (Å²) in [5, 5.41) is 0. The second-order valence-corrected chi connectivity index (χ2v) is 9.67. The second kappa shape index (κ2) is 9.53. The number of rotatable bonds is 7. The molecule has 31 heavy (non-hydrogen) atoms. The van der Waals surface area contributed by atoms with Crippen LogP contribution in [0.25, 0.3) is 11.6 Å². The number of likely N-dealkylation sites (tertiary alicyclic amines) is 1. The van der Waals surface area contributed by atoms with E-state index in [1.165, 1.54) is 78.3 Å². The molecule has 5 rings (SSSR count). The van der Waals surface area contributed by atoms with Gasteiger partial charge in [0.15, 0.2) is 0 Å². The van der Waals surface area contributed by atoms with Crippen LogP contribution in [-0.4, -0.2) is 31.2 Å². The number of nitrogens with zero attached hydrogens (tertiary/aromatic N) is 1. The van der Waals surface area contributed by atoms with Gasteiger partial charge in [-0.3, -0.25) is 9.29 Å². The summed E-state index contributed by atoms with van der Waals surface area (Å²) in [6, 6.07) is 18.3. The lowest BCUT2D eigenvalue weighted by molar-refractivity contribution is 0.239. The van der Waals surface area contributed by atoms with Crippen LogP contribution in [0.4, 0.5) is 4.39 Å². The van der Waals surface area contributed by atoms with Crippen molar-refractivity contribution in [2.45, 2.75) is 51.4 Å². The Balaban J connectivity index is 1.40. The summed E-state index contributed by atoms with van der Waals surface area (Å²) in [7, 11) is 0. The van der Waals surface area contributed by atoms with Gasteiger partial charge in [-0.1, -0.05) is 79.4 Å². The lowest BCUT2D eigenvalue weighted by Gasteiger charge is -2.33. The quantitative estimate of drug-likeness (QED) is 0.467. The van der Waals surface area contributed by atoms with Gasteiger partial charge in [0.05, 0.1) is 6.67 Å². The van der Waals surface area contributed by atoms with Crippen LogP contribution in [0.5, 0.6) is 0 Å². The molecule has 0 spiro atoms. The molecule has 1 aliphatic heterocycles. The third kappa shape index (κ3) is 4.70. The van der Waals surface area contributed by atoms with Gasteiger partial charge in [0.25, 0.3) is 0 Å². The van der Waals surface area contributed by atoms with E-state index in [-0.39, 0.29) is 6.67 Å². The van der Waals surface area contributed by atoms with Gasteiger partial charge in [0, 0.05) is 19.6 Å². The molecule has 0 radical (unpaired) electrons. The van der Waals surface area contributed by atoms with Crippen LogP contribution in [0.3, 0.4) is 0 Å². The molecule has 1 saturated carbocycles. The van der Waals surface area contributed by atoms with Crippen LogP contribution in [-0.2, 0) is 6.42 Å². The van der Waals surface area contributed by atoms with E-state index in [0.29, 0.717) is 6.42 Å². The number of allylic oxidation sites excluding steroid dienone is 1. The van der Waals surface area contributed by atoms with E-state index in [0.717, 1.165) is 25.6 Å². The molecule has 0 unspecified atom stereocenters. The Labute approximate surface area is 186 Å². The maximum absolute atomic E-state index is 12.3. The highest BCUT2D eigenvalue weighted by Gasteiger charge is 2.24. The first-order valence-electron chi connectivity index (χ1n) is 12.2. The van der Waals surface area contributed by atoms with Crippen LogP contribution in [0.2, 0.25) is 0 Å². The van der Waals surface area contributed by atoms with Gasteiger partial charge < -0.3 is 0 Å². The van der Waals surface area contributed by atoms with Gasteiger partial charge in [-0.15, -0.1) is 0 Å². The van der Waals surface area contributed by atoms with Crippen molar-refractivity contribution in [2.75, 3.05) is 26.3 Å². The zero-order valence-electron chi connectivity index (χ0n) is 18.6. The highest BCUT2D eigenvalue weighted by Crippen LogP contribution is 2.41. The van der Waals surface area contributed by atoms with E-state index in [9.17, 15) is 4.39 Å². The fourth-order valence-corrected chi connectivity index (χ4v) is 5.44. The summed E-state index contributed by atoms with van der Waals surface area (Å²) >= 11 is 0. The normalized spacial score (nSPS) is 19.5. The Morgan fingerprint density at radius 3 is 2.48 bits per heavy atom. The Morgan fingerprint density at radius 1 is 0.935 bits per heavy atom. The topological polar surface area (TPSA) is 3.24 Å². The van der Waals surface area contributed by atoms with Gasteiger partial charge >= 0.3 is 0 Å². The first-order chi connectivity index (χ1) is 15.3. The molecule has 1 saturated heterocycles. The monoisotopic (exact) mass is 415 g/mol. The first-order valence-corrected chi connectivity index (χ1v) is 12.2. The predicted molar refractivity (Wildman–Crippen MR) is 129 cm³/mol. The van der Waals surface area contributed by atoms with Crippen molar-refractivity contribution < 1.29 is 4.39 Å². The number of alkyl halides is 1. The maximum atomic E-state index is 12.3. The number of halogens is 1. The third-order valence-corrected chi connectivity index (χ3v) is 7.36. The smallest absolute Gasteiger partial charge is 0.0906 e. The summed E-state index contributed by atoms with van der Waals surface area (Å²) in [5.74, 6) is 0.901. The summed E-state index contributed by atoms with van der Waals surface area (Å²) in [4.78, 5) is 2.32. The highest BCUT2D eigenvalue weighted by atomic mass is 19.1. The minimum atomic E-state index is -0.210. The number of hydrogen-bond acceptors (Lipinski definition) is 1. The molecule has 2 aliphatic carbocycles. The average Bonchev–Trinajstić information content (AvgIpc) is 2.92. The number of aryl methyl sites for hydroxylation is 1. The van der Waals surface area contributed by atoms with Gasteiger partial charge in [0.1, 0.15) is 0 Å². The van der Waals surface area contributed by atoms with Gasteiger partial charge in [0.2, 0.25) is 0 Å². The molecular weight excluding hydrogens is 381 g/mol. The highest BCUT2D eigenvalue weighted by molar-refractivity contribution is 5.84. The van der Waals surface area contributed by atoms with Crippen molar-refractivity contribution in [2.24, 2.45) is 5.92 Å². The van der Waals surface area contributed by atoms with Crippen LogP contribution in [0, 0.1) is 5.92 Å². The number of benzene rings is 2. The average molecular weight is 416 g/mol. The molecule has 0 N–H and O–H groups in total. The third-order valence-electron chi connectivity index (χ3n) is 7.36. The van der Waals surface area contributed by atoms with Gasteiger partial charge in [-0.25, -0.2) is 0 Å². The molecule has 2 fully saturated rings. The maximum Gasteiger partial charge on any atom is 0.0906 e. The molecule has 3 aliphatic rings. The molecule has 0 atom stereocenters. The molecule has 1 heterocycles. The number of hydrogen-bond donors (Lipinski definition) is 0. The summed E-state index contributed by atoms with van der Waals surface area (Å²) in [6.45, 7) is 2.65. The van der Waals surface area contributed by atoms with Crippen molar-refractivity contribution in [3.8, 4) is 0 Å². The lowest BCUT2D eigenvalue weighted by atomic mass is 9.78. The Kier molecular flexibility index (Phi) is 6.36. The minimum absolute atomic E-state index is 0.210. The van der Waals surface area contributed by atoms with E-state index in [4.69, 9.17) is 0 Å². The lowest BCUT2D eigenvalue weighted by Crippen LogP contribution is -2.40. The van der Waals surface area contributed by atoms with Crippen molar-refractivity contribution >= 4 is 11.6 Å². The zero-order chi connectivity index (χ0) is 21.0. The molecule has 2 aromatic rings. The van der Waals surface area contributed by atoms with Crippen LogP contribution < -0.4 is 0 Å². The van der Waals surface area contributed by atoms with E-state index in [2.05, 4.69) is 59.5 Å². The van der Waals surface area contributed by atoms with Crippen molar-refractivity contribution in [3.63, 3.8) is 0 Å². The van der Waals surface area contributed by atoms with Crippen LogP contribution in [0.15, 0.2) is 59.7 Å². The molecule has 2 heteroatoms. The molecule has 0 amide bonds. The van der Waals surface area contributed by atoms with Gasteiger partial charge in [-0.2, -0.15) is 0 Å². The zero-order valence-corrected chi connectivity index (χ0v) is 18.6. The van der Waals surface area contributed by atoms with Crippen LogP contribution in [0.1, 0.15) is 67.2 Å². The second-order valence-electron chi connectivity index (χ2n) is 9.67. The molecule has 1 nitrogen and oxygen atoms in total. The molecule has 0 aromatic heterocycles. The molecule has 0 bridgehead atoms. The Morgan fingerprint density at radius 2 is 1.74 bits per heavy atom. The summed E-state index contributed by atoms with van der Waals surface area (Å²) in [6.07, 6.45) is 12.2. The van der Waals surface area contributed by atoms with E-state index in [1.807, 2.05) is 0 Å². The number of fused-ring (bicyclic) bond motifs is 1. The summed E-state index contributed by atoms with van der Waals surface area (Å²) < 4.78 is 12.3. The first kappa shape index (κ1) is 20.7. The van der Waals surface area contributed by atoms with Crippen molar-refractivity contribution in [3.05, 3.63) is 81.9 Å². The van der Waals surface area contributed by atoms with Crippen molar-refractivity contribution in [1.29, 1.82) is 0 Å². The molecule has 2 aromatic carbocycles. The molecule has 162 valence electrons. The SMILES string of the molecule is FCCCN1CC(=Cc2ccc(C3=C(CC4CCC4)CCCc4ccccc43)cc2)C1.